The molecule has 22 heavy (non-hydrogen) atoms. The van der Waals surface area contributed by atoms with Gasteiger partial charge in [0.25, 0.3) is 0 Å². The molecular weight excluding hydrogens is 282 g/mol. The van der Waals surface area contributed by atoms with E-state index >= 15 is 0 Å². The van der Waals surface area contributed by atoms with Gasteiger partial charge in [0, 0.05) is 32.0 Å². The van der Waals surface area contributed by atoms with Crippen LogP contribution in [0.25, 0.3) is 0 Å². The number of carbonyl (C=O) groups excluding carboxylic acids is 1. The Labute approximate surface area is 130 Å². The predicted molar refractivity (Wildman–Crippen MR) is 80.4 cm³/mol. The van der Waals surface area contributed by atoms with Gasteiger partial charge >= 0.3 is 6.09 Å². The van der Waals surface area contributed by atoms with Crippen molar-refractivity contribution in [2.75, 3.05) is 13.1 Å². The fourth-order valence-corrected chi connectivity index (χ4v) is 2.20. The topological polar surface area (TPSA) is 75.4 Å². The maximum Gasteiger partial charge on any atom is 0.410 e. The second kappa shape index (κ2) is 6.65. The third-order valence-corrected chi connectivity index (χ3v) is 3.22. The summed E-state index contributed by atoms with van der Waals surface area (Å²) in [5, 5.41) is 8.83. The molecule has 0 atom stereocenters. The van der Waals surface area contributed by atoms with Gasteiger partial charge < -0.3 is 14.4 Å². The number of rotatable bonds is 2. The number of amides is 1. The first-order valence-corrected chi connectivity index (χ1v) is 7.39. The molecule has 6 nitrogen and oxygen atoms in total. The van der Waals surface area contributed by atoms with Crippen molar-refractivity contribution >= 4 is 6.09 Å². The summed E-state index contributed by atoms with van der Waals surface area (Å²) in [4.78, 5) is 17.8. The van der Waals surface area contributed by atoms with Crippen LogP contribution in [0.5, 0.6) is 5.88 Å². The molecule has 1 fully saturated rings. The van der Waals surface area contributed by atoms with E-state index in [2.05, 4.69) is 4.98 Å². The maximum atomic E-state index is 12.0. The number of nitrogens with zero attached hydrogens (tertiary/aromatic N) is 3. The summed E-state index contributed by atoms with van der Waals surface area (Å²) in [6, 6.07) is 7.11. The molecule has 2 rings (SSSR count). The average molecular weight is 303 g/mol. The van der Waals surface area contributed by atoms with Gasteiger partial charge in [0.05, 0.1) is 0 Å². The Morgan fingerprint density at radius 2 is 2.05 bits per heavy atom. The van der Waals surface area contributed by atoms with Crippen LogP contribution in [-0.4, -0.2) is 40.8 Å². The van der Waals surface area contributed by atoms with Crippen molar-refractivity contribution < 1.29 is 14.3 Å². The average Bonchev–Trinajstić information content (AvgIpc) is 2.46. The van der Waals surface area contributed by atoms with Crippen molar-refractivity contribution in [2.45, 2.75) is 45.3 Å². The molecule has 1 amide bonds. The number of carbonyl (C=O) groups is 1. The summed E-state index contributed by atoms with van der Waals surface area (Å²) < 4.78 is 11.1. The van der Waals surface area contributed by atoms with Crippen molar-refractivity contribution in [1.29, 1.82) is 5.26 Å². The Morgan fingerprint density at radius 1 is 1.36 bits per heavy atom. The standard InChI is InChI=1S/C16H21N3O3/c1-16(2,3)22-15(20)19-9-7-13(8-10-19)21-14-6-4-5-12(11-17)18-14/h4-6,13H,7-10H2,1-3H3. The monoisotopic (exact) mass is 303 g/mol. The van der Waals surface area contributed by atoms with Gasteiger partial charge in [-0.25, -0.2) is 9.78 Å². The lowest BCUT2D eigenvalue weighted by Gasteiger charge is -2.33. The van der Waals surface area contributed by atoms with Crippen molar-refractivity contribution in [1.82, 2.24) is 9.88 Å². The fraction of sp³-hybridized carbons (Fsp3) is 0.562. The Morgan fingerprint density at radius 3 is 2.64 bits per heavy atom. The lowest BCUT2D eigenvalue weighted by molar-refractivity contribution is 0.0123. The van der Waals surface area contributed by atoms with E-state index in [1.165, 1.54) is 0 Å². The molecule has 0 radical (unpaired) electrons. The first-order valence-electron chi connectivity index (χ1n) is 7.39. The first kappa shape index (κ1) is 16.1. The molecule has 1 aromatic rings. The van der Waals surface area contributed by atoms with Crippen LogP contribution in [0, 0.1) is 11.3 Å². The zero-order valence-electron chi connectivity index (χ0n) is 13.2. The molecule has 0 unspecified atom stereocenters. The van der Waals surface area contributed by atoms with E-state index in [0.717, 1.165) is 12.8 Å². The van der Waals surface area contributed by atoms with E-state index in [-0.39, 0.29) is 12.2 Å². The van der Waals surface area contributed by atoms with Gasteiger partial charge in [0.2, 0.25) is 5.88 Å². The van der Waals surface area contributed by atoms with Gasteiger partial charge in [0.1, 0.15) is 23.5 Å². The molecule has 0 bridgehead atoms. The SMILES string of the molecule is CC(C)(C)OC(=O)N1CCC(Oc2cccc(C#N)n2)CC1. The summed E-state index contributed by atoms with van der Waals surface area (Å²) in [5.41, 5.74) is -0.143. The minimum absolute atomic E-state index is 0.000120. The van der Waals surface area contributed by atoms with E-state index < -0.39 is 5.60 Å². The lowest BCUT2D eigenvalue weighted by atomic mass is 10.1. The summed E-state index contributed by atoms with van der Waals surface area (Å²) in [6.07, 6.45) is 1.16. The van der Waals surface area contributed by atoms with E-state index in [0.29, 0.717) is 24.7 Å². The number of hydrogen-bond acceptors (Lipinski definition) is 5. The minimum Gasteiger partial charge on any atom is -0.474 e. The Bertz CT molecular complexity index is 567. The van der Waals surface area contributed by atoms with E-state index in [1.54, 1.807) is 23.1 Å². The third-order valence-electron chi connectivity index (χ3n) is 3.22. The largest absolute Gasteiger partial charge is 0.474 e. The number of nitriles is 1. The molecule has 0 N–H and O–H groups in total. The first-order chi connectivity index (χ1) is 10.4. The molecule has 0 saturated carbocycles. The van der Waals surface area contributed by atoms with Crippen molar-refractivity contribution in [3.05, 3.63) is 23.9 Å². The summed E-state index contributed by atoms with van der Waals surface area (Å²) in [6.45, 7) is 6.76. The van der Waals surface area contributed by atoms with E-state index in [1.807, 2.05) is 26.8 Å². The zero-order chi connectivity index (χ0) is 16.2. The smallest absolute Gasteiger partial charge is 0.410 e. The lowest BCUT2D eigenvalue weighted by Crippen LogP contribution is -2.44. The van der Waals surface area contributed by atoms with E-state index in [9.17, 15) is 4.79 Å². The van der Waals surface area contributed by atoms with Crippen LogP contribution < -0.4 is 4.74 Å². The highest BCUT2D eigenvalue weighted by Gasteiger charge is 2.27. The quantitative estimate of drug-likeness (QED) is 0.839. The van der Waals surface area contributed by atoms with Crippen molar-refractivity contribution in [2.24, 2.45) is 0 Å². The molecule has 0 aliphatic carbocycles. The second-order valence-corrected chi connectivity index (χ2v) is 6.26. The van der Waals surface area contributed by atoms with Crippen LogP contribution in [0.4, 0.5) is 4.79 Å². The highest BCUT2D eigenvalue weighted by Crippen LogP contribution is 2.19. The predicted octanol–water partition coefficient (Wildman–Crippen LogP) is 2.73. The third kappa shape index (κ3) is 4.62. The highest BCUT2D eigenvalue weighted by molar-refractivity contribution is 5.68. The number of ether oxygens (including phenoxy) is 2. The van der Waals surface area contributed by atoms with Crippen LogP contribution in [-0.2, 0) is 4.74 Å². The molecule has 1 aromatic heterocycles. The number of hydrogen-bond donors (Lipinski definition) is 0. The molecular formula is C16H21N3O3. The normalized spacial score (nSPS) is 16.0. The van der Waals surface area contributed by atoms with Gasteiger partial charge in [-0.1, -0.05) is 6.07 Å². The summed E-state index contributed by atoms with van der Waals surface area (Å²) >= 11 is 0. The minimum atomic E-state index is -0.480. The van der Waals surface area contributed by atoms with E-state index in [4.69, 9.17) is 14.7 Å². The molecule has 118 valence electrons. The Balaban J connectivity index is 1.84. The molecule has 1 aliphatic rings. The maximum absolute atomic E-state index is 12.0. The van der Waals surface area contributed by atoms with Crippen LogP contribution in [0.3, 0.4) is 0 Å². The van der Waals surface area contributed by atoms with Crippen molar-refractivity contribution in [3.8, 4) is 11.9 Å². The van der Waals surface area contributed by atoms with Crippen LogP contribution in [0.15, 0.2) is 18.2 Å². The van der Waals surface area contributed by atoms with Crippen LogP contribution in [0.2, 0.25) is 0 Å². The molecule has 1 aliphatic heterocycles. The van der Waals surface area contributed by atoms with Gasteiger partial charge in [-0.3, -0.25) is 0 Å². The van der Waals surface area contributed by atoms with Gasteiger partial charge in [-0.15, -0.1) is 0 Å². The van der Waals surface area contributed by atoms with Crippen molar-refractivity contribution in [3.63, 3.8) is 0 Å². The Kier molecular flexibility index (Phi) is 4.86. The second-order valence-electron chi connectivity index (χ2n) is 6.26. The number of aromatic nitrogens is 1. The number of piperidine rings is 1. The van der Waals surface area contributed by atoms with Crippen LogP contribution >= 0.6 is 0 Å². The molecule has 2 heterocycles. The molecule has 1 saturated heterocycles. The molecule has 0 spiro atoms. The summed E-state index contributed by atoms with van der Waals surface area (Å²) in [5.74, 6) is 0.453. The van der Waals surface area contributed by atoms with Crippen LogP contribution in [0.1, 0.15) is 39.3 Å². The Hall–Kier alpha value is -2.29. The van der Waals surface area contributed by atoms with Gasteiger partial charge in [-0.2, -0.15) is 5.26 Å². The fourth-order valence-electron chi connectivity index (χ4n) is 2.20. The van der Waals surface area contributed by atoms with Gasteiger partial charge in [-0.05, 0) is 26.8 Å². The number of likely N-dealkylation sites (tertiary alicyclic amines) is 1. The van der Waals surface area contributed by atoms with Gasteiger partial charge in [0.15, 0.2) is 0 Å². The highest BCUT2D eigenvalue weighted by atomic mass is 16.6. The molecule has 6 heteroatoms. The zero-order valence-corrected chi connectivity index (χ0v) is 13.2. The summed E-state index contributed by atoms with van der Waals surface area (Å²) in [7, 11) is 0. The molecule has 0 aromatic carbocycles. The number of pyridine rings is 1.